The lowest BCUT2D eigenvalue weighted by atomic mass is 9.99. The molecule has 0 radical (unpaired) electrons. The van der Waals surface area contributed by atoms with E-state index in [1.807, 2.05) is 0 Å². The minimum atomic E-state index is -1.18. The number of rotatable bonds is 6. The third-order valence-corrected chi connectivity index (χ3v) is 2.57. The quantitative estimate of drug-likeness (QED) is 0.493. The highest BCUT2D eigenvalue weighted by molar-refractivity contribution is 6.20. The first-order valence-corrected chi connectivity index (χ1v) is 6.18. The van der Waals surface area contributed by atoms with Crippen LogP contribution in [0.4, 0.5) is 0 Å². The molecule has 0 aliphatic rings. The van der Waals surface area contributed by atoms with Crippen molar-refractivity contribution in [1.29, 1.82) is 0 Å². The summed E-state index contributed by atoms with van der Waals surface area (Å²) in [5, 5.41) is 8.90. The van der Waals surface area contributed by atoms with E-state index in [2.05, 4.69) is 0 Å². The van der Waals surface area contributed by atoms with Gasteiger partial charge in [0.15, 0.2) is 5.78 Å². The van der Waals surface area contributed by atoms with E-state index in [0.29, 0.717) is 0 Å². The molecule has 5 nitrogen and oxygen atoms in total. The lowest BCUT2D eigenvalue weighted by molar-refractivity contribution is 0.0523. The highest BCUT2D eigenvalue weighted by atomic mass is 35.5. The number of benzene rings is 1. The Balaban J connectivity index is 3.26. The van der Waals surface area contributed by atoms with Crippen LogP contribution in [-0.2, 0) is 4.74 Å². The van der Waals surface area contributed by atoms with E-state index in [0.717, 1.165) is 6.07 Å². The van der Waals surface area contributed by atoms with Crippen molar-refractivity contribution in [2.75, 3.05) is 12.5 Å². The van der Waals surface area contributed by atoms with Crippen LogP contribution in [0, 0.1) is 0 Å². The predicted molar refractivity (Wildman–Crippen MR) is 69.0 cm³/mol. The van der Waals surface area contributed by atoms with Crippen molar-refractivity contribution >= 4 is 29.3 Å². The summed E-state index contributed by atoms with van der Waals surface area (Å²) >= 11 is 5.49. The van der Waals surface area contributed by atoms with Crippen molar-refractivity contribution in [1.82, 2.24) is 0 Å². The Morgan fingerprint density at radius 3 is 2.47 bits per heavy atom. The summed E-state index contributed by atoms with van der Waals surface area (Å²) in [7, 11) is 0. The minimum absolute atomic E-state index is 0.0446. The van der Waals surface area contributed by atoms with Crippen molar-refractivity contribution in [3.63, 3.8) is 0 Å². The second-order valence-electron chi connectivity index (χ2n) is 3.65. The minimum Gasteiger partial charge on any atom is -0.478 e. The number of carbonyl (C=O) groups is 3. The molecule has 0 atom stereocenters. The molecular weight excluding hydrogens is 272 g/mol. The Labute approximate surface area is 115 Å². The number of ketones is 1. The van der Waals surface area contributed by atoms with Gasteiger partial charge in [-0.25, -0.2) is 9.59 Å². The zero-order valence-corrected chi connectivity index (χ0v) is 11.1. The first-order valence-electron chi connectivity index (χ1n) is 5.64. The number of carboxylic acid groups (broad SMARTS) is 1. The van der Waals surface area contributed by atoms with Crippen molar-refractivity contribution in [2.24, 2.45) is 0 Å². The number of carboxylic acids is 1. The summed E-state index contributed by atoms with van der Waals surface area (Å²) in [6.45, 7) is 1.76. The number of alkyl halides is 1. The highest BCUT2D eigenvalue weighted by Crippen LogP contribution is 2.16. The van der Waals surface area contributed by atoms with Crippen LogP contribution in [0.3, 0.4) is 0 Å². The summed E-state index contributed by atoms with van der Waals surface area (Å²) in [5.74, 6) is -2.10. The first kappa shape index (κ1) is 15.2. The second-order valence-corrected chi connectivity index (χ2v) is 4.03. The lowest BCUT2D eigenvalue weighted by Crippen LogP contribution is -2.14. The fourth-order valence-electron chi connectivity index (χ4n) is 1.52. The van der Waals surface area contributed by atoms with Gasteiger partial charge in [-0.15, -0.1) is 11.6 Å². The van der Waals surface area contributed by atoms with Crippen molar-refractivity contribution in [2.45, 2.75) is 13.3 Å². The summed E-state index contributed by atoms with van der Waals surface area (Å²) in [4.78, 5) is 34.4. The number of Topliss-reactive ketones (excluding diaryl/α,β-unsaturated/α-hetero) is 1. The van der Waals surface area contributed by atoms with Gasteiger partial charge >= 0.3 is 11.9 Å². The molecule has 0 fully saturated rings. The zero-order valence-electron chi connectivity index (χ0n) is 10.3. The molecular formula is C13H13ClO5. The van der Waals surface area contributed by atoms with Crippen LogP contribution in [0.1, 0.15) is 44.4 Å². The highest BCUT2D eigenvalue weighted by Gasteiger charge is 2.19. The predicted octanol–water partition coefficient (Wildman–Crippen LogP) is 2.37. The SMILES string of the molecule is CCOC(=O)c1cc(C(=O)O)ccc1C(=O)CCCl. The van der Waals surface area contributed by atoms with Crippen LogP contribution >= 0.6 is 11.6 Å². The average molecular weight is 285 g/mol. The van der Waals surface area contributed by atoms with Crippen molar-refractivity contribution in [3.8, 4) is 0 Å². The van der Waals surface area contributed by atoms with Crippen LogP contribution < -0.4 is 0 Å². The van der Waals surface area contributed by atoms with Crippen LogP contribution in [0.2, 0.25) is 0 Å². The van der Waals surface area contributed by atoms with Crippen LogP contribution in [0.15, 0.2) is 18.2 Å². The number of ether oxygens (including phenoxy) is 1. The first-order chi connectivity index (χ1) is 9.01. The van der Waals surface area contributed by atoms with E-state index in [1.165, 1.54) is 12.1 Å². The molecule has 1 aromatic rings. The van der Waals surface area contributed by atoms with Gasteiger partial charge in [0.2, 0.25) is 0 Å². The zero-order chi connectivity index (χ0) is 14.4. The fraction of sp³-hybridized carbons (Fsp3) is 0.308. The molecule has 0 amide bonds. The summed E-state index contributed by atoms with van der Waals surface area (Å²) < 4.78 is 4.81. The van der Waals surface area contributed by atoms with E-state index in [-0.39, 0.29) is 41.4 Å². The van der Waals surface area contributed by atoms with E-state index in [4.69, 9.17) is 21.4 Å². The molecule has 1 N–H and O–H groups in total. The molecule has 0 heterocycles. The molecule has 0 aliphatic carbocycles. The molecule has 1 aromatic carbocycles. The number of halogens is 1. The fourth-order valence-corrected chi connectivity index (χ4v) is 1.69. The Morgan fingerprint density at radius 1 is 1.26 bits per heavy atom. The molecule has 0 unspecified atom stereocenters. The molecule has 0 bridgehead atoms. The molecule has 19 heavy (non-hydrogen) atoms. The number of hydrogen-bond acceptors (Lipinski definition) is 4. The maximum atomic E-state index is 11.8. The standard InChI is InChI=1S/C13H13ClO5/c1-2-19-13(18)10-7-8(12(16)17)3-4-9(10)11(15)5-6-14/h3-4,7H,2,5-6H2,1H3,(H,16,17). The van der Waals surface area contributed by atoms with E-state index >= 15 is 0 Å². The molecule has 102 valence electrons. The lowest BCUT2D eigenvalue weighted by Gasteiger charge is -2.08. The van der Waals surface area contributed by atoms with Gasteiger partial charge < -0.3 is 9.84 Å². The van der Waals surface area contributed by atoms with Crippen LogP contribution in [0.5, 0.6) is 0 Å². The van der Waals surface area contributed by atoms with Crippen LogP contribution in [-0.4, -0.2) is 35.3 Å². The normalized spacial score (nSPS) is 10.0. The number of carbonyl (C=O) groups excluding carboxylic acids is 2. The monoisotopic (exact) mass is 284 g/mol. The molecule has 6 heteroatoms. The van der Waals surface area contributed by atoms with Gasteiger partial charge in [-0.2, -0.15) is 0 Å². The van der Waals surface area contributed by atoms with E-state index in [1.54, 1.807) is 6.92 Å². The van der Waals surface area contributed by atoms with Gasteiger partial charge in [0.1, 0.15) is 0 Å². The Kier molecular flexibility index (Phi) is 5.51. The van der Waals surface area contributed by atoms with Gasteiger partial charge in [-0.3, -0.25) is 4.79 Å². The number of hydrogen-bond donors (Lipinski definition) is 1. The number of aromatic carboxylic acids is 1. The third kappa shape index (κ3) is 3.79. The van der Waals surface area contributed by atoms with Gasteiger partial charge in [0, 0.05) is 17.9 Å². The number of esters is 1. The molecule has 0 saturated carbocycles. The van der Waals surface area contributed by atoms with Crippen molar-refractivity contribution in [3.05, 3.63) is 34.9 Å². The molecule has 1 rings (SSSR count). The van der Waals surface area contributed by atoms with E-state index in [9.17, 15) is 14.4 Å². The Morgan fingerprint density at radius 2 is 1.95 bits per heavy atom. The summed E-state index contributed by atoms with van der Waals surface area (Å²) in [6.07, 6.45) is 0.0698. The maximum absolute atomic E-state index is 11.8. The van der Waals surface area contributed by atoms with Gasteiger partial charge in [0.05, 0.1) is 17.7 Å². The van der Waals surface area contributed by atoms with Crippen LogP contribution in [0.25, 0.3) is 0 Å². The van der Waals surface area contributed by atoms with Gasteiger partial charge in [-0.1, -0.05) is 0 Å². The topological polar surface area (TPSA) is 80.7 Å². The second kappa shape index (κ2) is 6.89. The summed E-state index contributed by atoms with van der Waals surface area (Å²) in [5.41, 5.74) is 0.00597. The van der Waals surface area contributed by atoms with Gasteiger partial charge in [0.25, 0.3) is 0 Å². The van der Waals surface area contributed by atoms with E-state index < -0.39 is 11.9 Å². The summed E-state index contributed by atoms with van der Waals surface area (Å²) in [6, 6.07) is 3.72. The molecule has 0 saturated heterocycles. The molecule has 0 spiro atoms. The van der Waals surface area contributed by atoms with Gasteiger partial charge in [-0.05, 0) is 25.1 Å². The Bertz CT molecular complexity index is 510. The Hall–Kier alpha value is -1.88. The maximum Gasteiger partial charge on any atom is 0.338 e. The van der Waals surface area contributed by atoms with Crippen molar-refractivity contribution < 1.29 is 24.2 Å². The average Bonchev–Trinajstić information content (AvgIpc) is 2.38. The smallest absolute Gasteiger partial charge is 0.338 e. The third-order valence-electron chi connectivity index (χ3n) is 2.38. The largest absolute Gasteiger partial charge is 0.478 e. The molecule has 0 aromatic heterocycles. The molecule has 0 aliphatic heterocycles.